The van der Waals surface area contributed by atoms with Crippen LogP contribution in [0.15, 0.2) is 52.6 Å². The van der Waals surface area contributed by atoms with Gasteiger partial charge >= 0.3 is 0 Å². The van der Waals surface area contributed by atoms with Crippen molar-refractivity contribution in [3.8, 4) is 10.6 Å². The number of hydrogen-bond acceptors (Lipinski definition) is 4. The van der Waals surface area contributed by atoms with Gasteiger partial charge in [0.05, 0.1) is 9.90 Å². The first kappa shape index (κ1) is 15.9. The van der Waals surface area contributed by atoms with Crippen LogP contribution in [0.5, 0.6) is 0 Å². The zero-order valence-electron chi connectivity index (χ0n) is 11.7. The fraction of sp³-hybridized carbons (Fsp3) is 0.0625. The number of hydrogen-bond donors (Lipinski definition) is 0. The Morgan fingerprint density at radius 1 is 1.17 bits per heavy atom. The number of carbonyl (C=O) groups excluding carboxylic acids is 1. The third-order valence-corrected chi connectivity index (χ3v) is 4.61. The predicted molar refractivity (Wildman–Crippen MR) is 92.6 cm³/mol. The highest BCUT2D eigenvalue weighted by Gasteiger charge is 2.13. The van der Waals surface area contributed by atoms with Crippen LogP contribution in [0.25, 0.3) is 10.6 Å². The summed E-state index contributed by atoms with van der Waals surface area (Å²) in [6.07, 6.45) is 0. The van der Waals surface area contributed by atoms with Gasteiger partial charge in [0.15, 0.2) is 5.78 Å². The molecule has 2 heterocycles. The smallest absolute Gasteiger partial charge is 0.267 e. The molecular formula is C16H10Cl2N2O2S. The summed E-state index contributed by atoms with van der Waals surface area (Å²) in [5, 5.41) is 6.87. The standard InChI is InChI=1S/C16H10Cl2N2O2S/c17-10-3-4-11(12(18)8-10)14(21)9-20-16(22)6-5-13(19-20)15-2-1-7-23-15/h1-8H,9H2. The Morgan fingerprint density at radius 2 is 2.00 bits per heavy atom. The Bertz CT molecular complexity index is 920. The van der Waals surface area contributed by atoms with Crippen molar-refractivity contribution in [1.29, 1.82) is 0 Å². The predicted octanol–water partition coefficient (Wildman–Crippen LogP) is 4.16. The van der Waals surface area contributed by atoms with Crippen molar-refractivity contribution in [1.82, 2.24) is 9.78 Å². The topological polar surface area (TPSA) is 52.0 Å². The van der Waals surface area contributed by atoms with Crippen LogP contribution in [0, 0.1) is 0 Å². The lowest BCUT2D eigenvalue weighted by Gasteiger charge is -2.07. The van der Waals surface area contributed by atoms with Crippen molar-refractivity contribution in [3.63, 3.8) is 0 Å². The first-order valence-electron chi connectivity index (χ1n) is 6.65. The van der Waals surface area contributed by atoms with E-state index in [4.69, 9.17) is 23.2 Å². The van der Waals surface area contributed by atoms with Gasteiger partial charge in [0.1, 0.15) is 12.2 Å². The second-order valence-corrected chi connectivity index (χ2v) is 6.53. The van der Waals surface area contributed by atoms with Crippen LogP contribution in [0.2, 0.25) is 10.0 Å². The summed E-state index contributed by atoms with van der Waals surface area (Å²) in [5.41, 5.74) is 0.615. The molecule has 116 valence electrons. The number of benzene rings is 1. The number of thiophene rings is 1. The zero-order valence-corrected chi connectivity index (χ0v) is 14.0. The number of carbonyl (C=O) groups is 1. The molecule has 0 radical (unpaired) electrons. The molecule has 0 spiro atoms. The summed E-state index contributed by atoms with van der Waals surface area (Å²) in [6, 6.07) is 11.5. The highest BCUT2D eigenvalue weighted by molar-refractivity contribution is 7.13. The van der Waals surface area contributed by atoms with Crippen molar-refractivity contribution in [2.24, 2.45) is 0 Å². The summed E-state index contributed by atoms with van der Waals surface area (Å²) < 4.78 is 1.14. The van der Waals surface area contributed by atoms with E-state index in [0.717, 1.165) is 9.56 Å². The molecule has 0 aliphatic heterocycles. The summed E-state index contributed by atoms with van der Waals surface area (Å²) in [7, 11) is 0. The summed E-state index contributed by atoms with van der Waals surface area (Å²) in [5.74, 6) is -0.301. The number of Topliss-reactive ketones (excluding diaryl/α,β-unsaturated/α-hetero) is 1. The van der Waals surface area contributed by atoms with Gasteiger partial charge in [0.25, 0.3) is 5.56 Å². The molecular weight excluding hydrogens is 355 g/mol. The summed E-state index contributed by atoms with van der Waals surface area (Å²) >= 11 is 13.4. The van der Waals surface area contributed by atoms with Gasteiger partial charge in [-0.15, -0.1) is 11.3 Å². The Labute approximate surface area is 145 Å². The number of nitrogens with zero attached hydrogens (tertiary/aromatic N) is 2. The van der Waals surface area contributed by atoms with Gasteiger partial charge in [-0.25, -0.2) is 4.68 Å². The van der Waals surface area contributed by atoms with Gasteiger partial charge in [0, 0.05) is 16.7 Å². The van der Waals surface area contributed by atoms with E-state index in [2.05, 4.69) is 5.10 Å². The molecule has 4 nitrogen and oxygen atoms in total. The molecule has 7 heteroatoms. The fourth-order valence-corrected chi connectivity index (χ4v) is 3.26. The quantitative estimate of drug-likeness (QED) is 0.653. The number of rotatable bonds is 4. The number of halogens is 2. The van der Waals surface area contributed by atoms with Crippen LogP contribution in [0.1, 0.15) is 10.4 Å². The van der Waals surface area contributed by atoms with Gasteiger partial charge in [-0.05, 0) is 35.7 Å². The van der Waals surface area contributed by atoms with Crippen LogP contribution in [-0.4, -0.2) is 15.6 Å². The second-order valence-electron chi connectivity index (χ2n) is 4.74. The molecule has 0 N–H and O–H groups in total. The van der Waals surface area contributed by atoms with Crippen molar-refractivity contribution in [3.05, 3.63) is 73.8 Å². The van der Waals surface area contributed by atoms with Gasteiger partial charge < -0.3 is 0 Å². The monoisotopic (exact) mass is 364 g/mol. The highest BCUT2D eigenvalue weighted by atomic mass is 35.5. The van der Waals surface area contributed by atoms with Crippen LogP contribution in [0.3, 0.4) is 0 Å². The van der Waals surface area contributed by atoms with Crippen molar-refractivity contribution >= 4 is 40.3 Å². The molecule has 23 heavy (non-hydrogen) atoms. The molecule has 0 saturated heterocycles. The molecule has 0 aliphatic rings. The molecule has 0 fully saturated rings. The molecule has 2 aromatic heterocycles. The fourth-order valence-electron chi connectivity index (χ4n) is 2.05. The SMILES string of the molecule is O=C(Cn1nc(-c2cccs2)ccc1=O)c1ccc(Cl)cc1Cl. The lowest BCUT2D eigenvalue weighted by atomic mass is 10.1. The van der Waals surface area contributed by atoms with E-state index in [1.54, 1.807) is 18.2 Å². The largest absolute Gasteiger partial charge is 0.292 e. The average molecular weight is 365 g/mol. The maximum atomic E-state index is 12.4. The van der Waals surface area contributed by atoms with Gasteiger partial charge in [-0.3, -0.25) is 9.59 Å². The third-order valence-electron chi connectivity index (χ3n) is 3.17. The lowest BCUT2D eigenvalue weighted by Crippen LogP contribution is -2.26. The summed E-state index contributed by atoms with van der Waals surface area (Å²) in [6.45, 7) is -0.181. The van der Waals surface area contributed by atoms with Gasteiger partial charge in [-0.2, -0.15) is 5.10 Å². The lowest BCUT2D eigenvalue weighted by molar-refractivity contribution is 0.0966. The Morgan fingerprint density at radius 3 is 2.70 bits per heavy atom. The molecule has 0 amide bonds. The molecule has 0 saturated carbocycles. The van der Waals surface area contributed by atoms with E-state index < -0.39 is 0 Å². The molecule has 0 aliphatic carbocycles. The van der Waals surface area contributed by atoms with E-state index in [1.807, 2.05) is 17.5 Å². The second kappa shape index (κ2) is 6.66. The minimum absolute atomic E-state index is 0.181. The van der Waals surface area contributed by atoms with Crippen molar-refractivity contribution in [2.75, 3.05) is 0 Å². The van der Waals surface area contributed by atoms with E-state index >= 15 is 0 Å². The zero-order chi connectivity index (χ0) is 16.4. The van der Waals surface area contributed by atoms with Gasteiger partial charge in [0.2, 0.25) is 0 Å². The Kier molecular flexibility index (Phi) is 4.61. The first-order chi connectivity index (χ1) is 11.0. The minimum atomic E-state index is -0.344. The van der Waals surface area contributed by atoms with E-state index in [-0.39, 0.29) is 22.9 Å². The van der Waals surface area contributed by atoms with Crippen LogP contribution in [0.4, 0.5) is 0 Å². The molecule has 3 rings (SSSR count). The van der Waals surface area contributed by atoms with Crippen LogP contribution in [-0.2, 0) is 6.54 Å². The number of aromatic nitrogens is 2. The van der Waals surface area contributed by atoms with Gasteiger partial charge in [-0.1, -0.05) is 29.3 Å². The molecule has 0 atom stereocenters. The normalized spacial score (nSPS) is 10.7. The molecule has 1 aromatic carbocycles. The van der Waals surface area contributed by atoms with Crippen LogP contribution < -0.4 is 5.56 Å². The Hall–Kier alpha value is -1.95. The highest BCUT2D eigenvalue weighted by Crippen LogP contribution is 2.23. The molecule has 0 unspecified atom stereocenters. The maximum Gasteiger partial charge on any atom is 0.267 e. The first-order valence-corrected chi connectivity index (χ1v) is 8.28. The molecule has 3 aromatic rings. The van der Waals surface area contributed by atoms with Crippen LogP contribution >= 0.6 is 34.5 Å². The Balaban J connectivity index is 1.92. The van der Waals surface area contributed by atoms with E-state index in [0.29, 0.717) is 16.3 Å². The van der Waals surface area contributed by atoms with E-state index in [1.165, 1.54) is 23.5 Å². The number of ketones is 1. The van der Waals surface area contributed by atoms with Crippen molar-refractivity contribution in [2.45, 2.75) is 6.54 Å². The average Bonchev–Trinajstić information content (AvgIpc) is 3.03. The minimum Gasteiger partial charge on any atom is -0.292 e. The third kappa shape index (κ3) is 3.52. The van der Waals surface area contributed by atoms with Crippen molar-refractivity contribution < 1.29 is 4.79 Å². The summed E-state index contributed by atoms with van der Waals surface area (Å²) in [4.78, 5) is 25.2. The van der Waals surface area contributed by atoms with E-state index in [9.17, 15) is 9.59 Å². The maximum absolute atomic E-state index is 12.4. The molecule has 0 bridgehead atoms.